The predicted molar refractivity (Wildman–Crippen MR) is 47.8 cm³/mol. The summed E-state index contributed by atoms with van der Waals surface area (Å²) >= 11 is 5.66. The van der Waals surface area contributed by atoms with Gasteiger partial charge in [0.25, 0.3) is 0 Å². The molecule has 0 saturated heterocycles. The van der Waals surface area contributed by atoms with Crippen LogP contribution in [0.25, 0.3) is 11.0 Å². The Hall–Kier alpha value is -1.62. The smallest absolute Gasteiger partial charge is 0.315 e. The zero-order chi connectivity index (χ0) is 9.42. The molecule has 5 nitrogen and oxygen atoms in total. The molecule has 1 aromatic heterocycles. The van der Waals surface area contributed by atoms with Crippen molar-refractivity contribution in [2.75, 3.05) is 0 Å². The minimum atomic E-state index is -0.536. The fourth-order valence-electron chi connectivity index (χ4n) is 1.14. The molecule has 2 rings (SSSR count). The molecule has 6 heteroatoms. The first kappa shape index (κ1) is 8.00. The number of benzene rings is 1. The Morgan fingerprint density at radius 2 is 2.31 bits per heavy atom. The van der Waals surface area contributed by atoms with Crippen molar-refractivity contribution in [2.45, 2.75) is 0 Å². The van der Waals surface area contributed by atoms with Gasteiger partial charge < -0.3 is 4.98 Å². The third kappa shape index (κ3) is 1.13. The van der Waals surface area contributed by atoms with Crippen LogP contribution in [0.3, 0.4) is 0 Å². The molecule has 0 fully saturated rings. The first-order valence-corrected chi connectivity index (χ1v) is 3.84. The first-order valence-electron chi connectivity index (χ1n) is 3.46. The zero-order valence-electron chi connectivity index (χ0n) is 6.32. The van der Waals surface area contributed by atoms with Gasteiger partial charge >= 0.3 is 5.69 Å². The summed E-state index contributed by atoms with van der Waals surface area (Å²) in [6, 6.07) is 3.12. The number of aromatic nitrogens is 2. The van der Waals surface area contributed by atoms with Crippen LogP contribution in [-0.2, 0) is 0 Å². The minimum Gasteiger partial charge on any atom is -0.344 e. The van der Waals surface area contributed by atoms with Crippen molar-refractivity contribution < 1.29 is 4.92 Å². The molecule has 1 aromatic carbocycles. The molecule has 13 heavy (non-hydrogen) atoms. The van der Waals surface area contributed by atoms with Crippen molar-refractivity contribution in [2.24, 2.45) is 0 Å². The Bertz CT molecular complexity index is 480. The van der Waals surface area contributed by atoms with E-state index in [0.29, 0.717) is 5.52 Å². The van der Waals surface area contributed by atoms with Crippen LogP contribution in [0.5, 0.6) is 0 Å². The lowest BCUT2D eigenvalue weighted by Gasteiger charge is -1.94. The number of halogens is 1. The van der Waals surface area contributed by atoms with Crippen molar-refractivity contribution >= 4 is 28.3 Å². The monoisotopic (exact) mass is 197 g/mol. The zero-order valence-corrected chi connectivity index (χ0v) is 7.08. The number of fused-ring (bicyclic) bond motifs is 1. The van der Waals surface area contributed by atoms with Crippen molar-refractivity contribution in [3.63, 3.8) is 0 Å². The van der Waals surface area contributed by atoms with E-state index in [4.69, 9.17) is 11.6 Å². The van der Waals surface area contributed by atoms with Gasteiger partial charge in [0, 0.05) is 0 Å². The summed E-state index contributed by atoms with van der Waals surface area (Å²) in [6.07, 6.45) is 1.40. The summed E-state index contributed by atoms with van der Waals surface area (Å²) in [6.45, 7) is 0. The average molecular weight is 198 g/mol. The number of H-pyrrole nitrogens is 1. The van der Waals surface area contributed by atoms with Gasteiger partial charge in [0.05, 0.1) is 16.8 Å². The molecule has 0 bridgehead atoms. The normalized spacial score (nSPS) is 10.5. The standard InChI is InChI=1S/C7H4ClN3O2/c8-4-1-2-5-6(10-3-9-5)7(4)11(12)13/h1-3H,(H,9,10). The Labute approximate surface area is 77.5 Å². The van der Waals surface area contributed by atoms with Gasteiger partial charge in [0.1, 0.15) is 5.02 Å². The van der Waals surface area contributed by atoms with E-state index in [1.165, 1.54) is 12.4 Å². The average Bonchev–Trinajstić information content (AvgIpc) is 2.50. The molecule has 0 amide bonds. The van der Waals surface area contributed by atoms with Crippen LogP contribution in [0.4, 0.5) is 5.69 Å². The maximum absolute atomic E-state index is 10.6. The number of hydrogen-bond donors (Lipinski definition) is 1. The molecule has 0 unspecified atom stereocenters. The van der Waals surface area contributed by atoms with Gasteiger partial charge in [-0.1, -0.05) is 11.6 Å². The molecule has 0 aliphatic rings. The van der Waals surface area contributed by atoms with Gasteiger partial charge in [-0.3, -0.25) is 10.1 Å². The predicted octanol–water partition coefficient (Wildman–Crippen LogP) is 2.12. The van der Waals surface area contributed by atoms with E-state index in [2.05, 4.69) is 9.97 Å². The molecule has 1 heterocycles. The second-order valence-corrected chi connectivity index (χ2v) is 2.86. The highest BCUT2D eigenvalue weighted by Gasteiger charge is 2.18. The van der Waals surface area contributed by atoms with Crippen molar-refractivity contribution in [1.82, 2.24) is 9.97 Å². The largest absolute Gasteiger partial charge is 0.344 e. The van der Waals surface area contributed by atoms with Gasteiger partial charge in [-0.05, 0) is 12.1 Å². The number of rotatable bonds is 1. The van der Waals surface area contributed by atoms with Gasteiger partial charge in [-0.15, -0.1) is 0 Å². The summed E-state index contributed by atoms with van der Waals surface area (Å²) in [5.41, 5.74) is 0.744. The number of nitro benzene ring substituents is 1. The quantitative estimate of drug-likeness (QED) is 0.562. The Morgan fingerprint density at radius 3 is 3.00 bits per heavy atom. The van der Waals surface area contributed by atoms with Crippen LogP contribution in [0.1, 0.15) is 0 Å². The molecule has 0 radical (unpaired) electrons. The fourth-order valence-corrected chi connectivity index (χ4v) is 1.36. The molecule has 0 atom stereocenters. The van der Waals surface area contributed by atoms with Crippen LogP contribution in [0.15, 0.2) is 18.5 Å². The van der Waals surface area contributed by atoms with Crippen LogP contribution in [0, 0.1) is 10.1 Å². The molecule has 66 valence electrons. The lowest BCUT2D eigenvalue weighted by molar-refractivity contribution is -0.383. The third-order valence-corrected chi connectivity index (χ3v) is 2.00. The van der Waals surface area contributed by atoms with Crippen LogP contribution >= 0.6 is 11.6 Å². The molecular formula is C7H4ClN3O2. The van der Waals surface area contributed by atoms with Crippen molar-refractivity contribution in [3.05, 3.63) is 33.6 Å². The highest BCUT2D eigenvalue weighted by molar-refractivity contribution is 6.33. The van der Waals surface area contributed by atoms with Crippen LogP contribution in [-0.4, -0.2) is 14.9 Å². The van der Waals surface area contributed by atoms with E-state index in [0.717, 1.165) is 0 Å². The first-order chi connectivity index (χ1) is 6.20. The van der Waals surface area contributed by atoms with E-state index in [-0.39, 0.29) is 16.2 Å². The van der Waals surface area contributed by atoms with Crippen LogP contribution in [0.2, 0.25) is 5.02 Å². The van der Waals surface area contributed by atoms with Crippen LogP contribution < -0.4 is 0 Å². The summed E-state index contributed by atoms with van der Waals surface area (Å²) in [4.78, 5) is 16.7. The fraction of sp³-hybridized carbons (Fsp3) is 0. The lowest BCUT2D eigenvalue weighted by atomic mass is 10.3. The molecule has 0 spiro atoms. The van der Waals surface area contributed by atoms with E-state index >= 15 is 0 Å². The third-order valence-electron chi connectivity index (χ3n) is 1.70. The van der Waals surface area contributed by atoms with Gasteiger partial charge in [0.2, 0.25) is 0 Å². The Balaban J connectivity index is 2.88. The van der Waals surface area contributed by atoms with E-state index in [1.807, 2.05) is 0 Å². The van der Waals surface area contributed by atoms with Gasteiger partial charge in [0.15, 0.2) is 5.52 Å². The van der Waals surface area contributed by atoms with Crippen molar-refractivity contribution in [1.29, 1.82) is 0 Å². The molecule has 2 aromatic rings. The molecule has 0 saturated carbocycles. The number of nitro groups is 1. The van der Waals surface area contributed by atoms with E-state index < -0.39 is 4.92 Å². The second-order valence-electron chi connectivity index (χ2n) is 2.45. The molecule has 0 aliphatic heterocycles. The SMILES string of the molecule is O=[N+]([O-])c1c(Cl)ccc2[nH]cnc12. The Morgan fingerprint density at radius 1 is 1.54 bits per heavy atom. The topological polar surface area (TPSA) is 71.8 Å². The summed E-state index contributed by atoms with van der Waals surface area (Å²) in [5.74, 6) is 0. The maximum Gasteiger partial charge on any atom is 0.315 e. The summed E-state index contributed by atoms with van der Waals surface area (Å²) in [7, 11) is 0. The number of hydrogen-bond acceptors (Lipinski definition) is 3. The molecule has 1 N–H and O–H groups in total. The summed E-state index contributed by atoms with van der Waals surface area (Å²) < 4.78 is 0. The van der Waals surface area contributed by atoms with Gasteiger partial charge in [-0.2, -0.15) is 0 Å². The minimum absolute atomic E-state index is 0.101. The Kier molecular flexibility index (Phi) is 1.66. The van der Waals surface area contributed by atoms with E-state index in [1.54, 1.807) is 6.07 Å². The molecule has 0 aliphatic carbocycles. The highest BCUT2D eigenvalue weighted by Crippen LogP contribution is 2.30. The lowest BCUT2D eigenvalue weighted by Crippen LogP contribution is -1.90. The van der Waals surface area contributed by atoms with Gasteiger partial charge in [-0.25, -0.2) is 4.98 Å². The number of imidazole rings is 1. The van der Waals surface area contributed by atoms with E-state index in [9.17, 15) is 10.1 Å². The maximum atomic E-state index is 10.6. The van der Waals surface area contributed by atoms with Crippen molar-refractivity contribution in [3.8, 4) is 0 Å². The number of aromatic amines is 1. The highest BCUT2D eigenvalue weighted by atomic mass is 35.5. The molecular weight excluding hydrogens is 194 g/mol. The number of nitrogens with one attached hydrogen (secondary N) is 1. The summed E-state index contributed by atoms with van der Waals surface area (Å²) in [5, 5.41) is 10.7. The number of nitrogens with zero attached hydrogens (tertiary/aromatic N) is 2. The second kappa shape index (κ2) is 2.70.